The molecular weight excluding hydrogens is 204 g/mol. The largest absolute Gasteiger partial charge is 0.281 e. The van der Waals surface area contributed by atoms with Gasteiger partial charge in [-0.2, -0.15) is 10.3 Å². The Hall–Kier alpha value is -1.72. The third kappa shape index (κ3) is 0.874. The van der Waals surface area contributed by atoms with Gasteiger partial charge in [0.25, 0.3) is 0 Å². The van der Waals surface area contributed by atoms with Crippen molar-refractivity contribution in [2.24, 2.45) is 11.8 Å². The molecule has 2 aromatic heterocycles. The van der Waals surface area contributed by atoms with Crippen LogP contribution in [0.15, 0.2) is 0 Å². The first-order valence-electron chi connectivity index (χ1n) is 5.71. The smallest absolute Gasteiger partial charge is 0.225 e. The highest BCUT2D eigenvalue weighted by Crippen LogP contribution is 2.63. The first-order chi connectivity index (χ1) is 7.90. The summed E-state index contributed by atoms with van der Waals surface area (Å²) in [7, 11) is 0. The van der Waals surface area contributed by atoms with Crippen molar-refractivity contribution in [1.82, 2.24) is 30.8 Å². The predicted octanol–water partition coefficient (Wildman–Crippen LogP) is 0.885. The van der Waals surface area contributed by atoms with Crippen molar-refractivity contribution < 1.29 is 0 Å². The summed E-state index contributed by atoms with van der Waals surface area (Å²) in [4.78, 5) is 0. The fourth-order valence-electron chi connectivity index (χ4n) is 3.25. The molecule has 0 bridgehead atoms. The van der Waals surface area contributed by atoms with E-state index in [9.17, 15) is 0 Å². The topological polar surface area (TPSA) is 83.1 Å². The molecular formula is C10H12N6. The lowest BCUT2D eigenvalue weighted by atomic mass is 10.0. The quantitative estimate of drug-likeness (QED) is 0.780. The van der Waals surface area contributed by atoms with Crippen LogP contribution in [0.3, 0.4) is 0 Å². The lowest BCUT2D eigenvalue weighted by Crippen LogP contribution is -1.93. The molecule has 16 heavy (non-hydrogen) atoms. The van der Waals surface area contributed by atoms with Gasteiger partial charge in [-0.15, -0.1) is 10.2 Å². The highest BCUT2D eigenvalue weighted by atomic mass is 15.5. The van der Waals surface area contributed by atoms with E-state index in [1.807, 2.05) is 0 Å². The molecule has 0 aromatic carbocycles. The van der Waals surface area contributed by atoms with Crippen LogP contribution in [-0.4, -0.2) is 30.8 Å². The molecule has 1 saturated carbocycles. The Morgan fingerprint density at radius 2 is 2.31 bits per heavy atom. The van der Waals surface area contributed by atoms with Crippen LogP contribution in [0, 0.1) is 11.8 Å². The standard InChI is InChI=1S/C10H12N6/c1-2-4-5-3-6-8(7(4)5)11-12-9(6)10-13-15-16-14-10/h4-5,7H,2-3H2,1H3,(H,11,12)(H,13,14,15,16). The van der Waals surface area contributed by atoms with Gasteiger partial charge in [0.05, 0.1) is 0 Å². The molecule has 2 aliphatic rings. The number of hydrogen-bond acceptors (Lipinski definition) is 4. The molecule has 0 spiro atoms. The number of hydrogen-bond donors (Lipinski definition) is 2. The number of nitrogens with one attached hydrogen (secondary N) is 2. The number of H-pyrrole nitrogens is 2. The fraction of sp³-hybridized carbons (Fsp3) is 0.600. The molecule has 0 radical (unpaired) electrons. The van der Waals surface area contributed by atoms with E-state index in [2.05, 4.69) is 37.7 Å². The predicted molar refractivity (Wildman–Crippen MR) is 55.5 cm³/mol. The minimum Gasteiger partial charge on any atom is -0.281 e. The molecule has 2 aromatic rings. The molecule has 0 amide bonds. The average molecular weight is 216 g/mol. The molecule has 3 atom stereocenters. The highest BCUT2D eigenvalue weighted by molar-refractivity contribution is 5.59. The van der Waals surface area contributed by atoms with Crippen LogP contribution >= 0.6 is 0 Å². The molecule has 0 saturated heterocycles. The van der Waals surface area contributed by atoms with Crippen LogP contribution in [0.1, 0.15) is 30.5 Å². The van der Waals surface area contributed by atoms with Gasteiger partial charge < -0.3 is 0 Å². The number of aromatic nitrogens is 6. The van der Waals surface area contributed by atoms with Gasteiger partial charge in [0.2, 0.25) is 5.82 Å². The maximum Gasteiger partial charge on any atom is 0.225 e. The summed E-state index contributed by atoms with van der Waals surface area (Å²) in [6, 6.07) is 0. The minimum atomic E-state index is 0.604. The van der Waals surface area contributed by atoms with Crippen molar-refractivity contribution in [2.45, 2.75) is 25.7 Å². The summed E-state index contributed by atoms with van der Waals surface area (Å²) >= 11 is 0. The molecule has 2 aliphatic carbocycles. The molecule has 82 valence electrons. The van der Waals surface area contributed by atoms with Gasteiger partial charge in [-0.25, -0.2) is 0 Å². The Morgan fingerprint density at radius 1 is 1.38 bits per heavy atom. The van der Waals surface area contributed by atoms with Gasteiger partial charge in [-0.3, -0.25) is 5.10 Å². The van der Waals surface area contributed by atoms with E-state index in [0.29, 0.717) is 11.7 Å². The molecule has 6 nitrogen and oxygen atoms in total. The Bertz CT molecular complexity index is 528. The highest BCUT2D eigenvalue weighted by Gasteiger charge is 2.56. The van der Waals surface area contributed by atoms with Crippen molar-refractivity contribution in [3.8, 4) is 11.5 Å². The number of rotatable bonds is 2. The molecule has 1 fully saturated rings. The summed E-state index contributed by atoms with van der Waals surface area (Å²) in [5, 5.41) is 21.5. The van der Waals surface area contributed by atoms with E-state index in [1.54, 1.807) is 0 Å². The Kier molecular flexibility index (Phi) is 1.42. The molecule has 6 heteroatoms. The molecule has 0 aliphatic heterocycles. The number of nitrogens with zero attached hydrogens (tertiary/aromatic N) is 4. The average Bonchev–Trinajstić information content (AvgIpc) is 2.73. The van der Waals surface area contributed by atoms with Gasteiger partial charge >= 0.3 is 0 Å². The first kappa shape index (κ1) is 8.43. The lowest BCUT2D eigenvalue weighted by molar-refractivity contribution is 0.670. The van der Waals surface area contributed by atoms with Crippen molar-refractivity contribution >= 4 is 0 Å². The molecule has 2 heterocycles. The summed E-state index contributed by atoms with van der Waals surface area (Å²) in [5.74, 6) is 3.02. The minimum absolute atomic E-state index is 0.604. The van der Waals surface area contributed by atoms with E-state index >= 15 is 0 Å². The normalized spacial score (nSPS) is 30.2. The monoisotopic (exact) mass is 216 g/mol. The van der Waals surface area contributed by atoms with E-state index in [1.165, 1.54) is 17.7 Å². The SMILES string of the molecule is CCC1C2Cc3c(-c4nn[nH]n4)n[nH]c3C12. The summed E-state index contributed by atoms with van der Waals surface area (Å²) < 4.78 is 0. The van der Waals surface area contributed by atoms with Crippen LogP contribution in [-0.2, 0) is 6.42 Å². The van der Waals surface area contributed by atoms with Gasteiger partial charge in [0.15, 0.2) is 0 Å². The third-order valence-electron chi connectivity index (χ3n) is 4.03. The van der Waals surface area contributed by atoms with Crippen molar-refractivity contribution in [1.29, 1.82) is 0 Å². The van der Waals surface area contributed by atoms with Crippen molar-refractivity contribution in [3.63, 3.8) is 0 Å². The second kappa shape index (κ2) is 2.69. The van der Waals surface area contributed by atoms with E-state index in [4.69, 9.17) is 0 Å². The van der Waals surface area contributed by atoms with Gasteiger partial charge in [0.1, 0.15) is 5.69 Å². The van der Waals surface area contributed by atoms with E-state index in [0.717, 1.165) is 24.0 Å². The van der Waals surface area contributed by atoms with Gasteiger partial charge in [0, 0.05) is 17.2 Å². The molecule has 3 unspecified atom stereocenters. The van der Waals surface area contributed by atoms with Crippen LogP contribution < -0.4 is 0 Å². The zero-order chi connectivity index (χ0) is 10.7. The zero-order valence-corrected chi connectivity index (χ0v) is 8.94. The summed E-state index contributed by atoms with van der Waals surface area (Å²) in [6.45, 7) is 2.26. The molecule has 4 rings (SSSR count). The van der Waals surface area contributed by atoms with Crippen LogP contribution in [0.4, 0.5) is 0 Å². The zero-order valence-electron chi connectivity index (χ0n) is 8.94. The van der Waals surface area contributed by atoms with E-state index < -0.39 is 0 Å². The number of tetrazole rings is 1. The Balaban J connectivity index is 1.77. The van der Waals surface area contributed by atoms with Crippen molar-refractivity contribution in [2.75, 3.05) is 0 Å². The Morgan fingerprint density at radius 3 is 3.06 bits per heavy atom. The number of aromatic amines is 2. The van der Waals surface area contributed by atoms with Crippen LogP contribution in [0.2, 0.25) is 0 Å². The maximum absolute atomic E-state index is 4.32. The third-order valence-corrected chi connectivity index (χ3v) is 4.03. The Labute approximate surface area is 91.8 Å². The first-order valence-corrected chi connectivity index (χ1v) is 5.71. The second-order valence-corrected chi connectivity index (χ2v) is 4.67. The van der Waals surface area contributed by atoms with Crippen molar-refractivity contribution in [3.05, 3.63) is 11.3 Å². The molecule has 2 N–H and O–H groups in total. The number of fused-ring (bicyclic) bond motifs is 3. The van der Waals surface area contributed by atoms with E-state index in [-0.39, 0.29) is 0 Å². The maximum atomic E-state index is 4.32. The lowest BCUT2D eigenvalue weighted by Gasteiger charge is -1.99. The van der Waals surface area contributed by atoms with Crippen LogP contribution in [0.25, 0.3) is 11.5 Å². The van der Waals surface area contributed by atoms with Gasteiger partial charge in [-0.05, 0) is 23.5 Å². The second-order valence-electron chi connectivity index (χ2n) is 4.67. The van der Waals surface area contributed by atoms with Crippen LogP contribution in [0.5, 0.6) is 0 Å². The summed E-state index contributed by atoms with van der Waals surface area (Å²) in [5.41, 5.74) is 3.50. The summed E-state index contributed by atoms with van der Waals surface area (Å²) in [6.07, 6.45) is 2.39. The fourth-order valence-corrected chi connectivity index (χ4v) is 3.25. The van der Waals surface area contributed by atoms with Gasteiger partial charge in [-0.1, -0.05) is 13.3 Å².